The van der Waals surface area contributed by atoms with Gasteiger partial charge in [-0.05, 0) is 42.5 Å². The van der Waals surface area contributed by atoms with Crippen molar-refractivity contribution in [3.63, 3.8) is 0 Å². The molecule has 0 aliphatic carbocycles. The molecule has 6 heteroatoms. The Balaban J connectivity index is 1.56. The first-order valence-corrected chi connectivity index (χ1v) is 10.9. The fraction of sp³-hybridized carbons (Fsp3) is 0.346. The van der Waals surface area contributed by atoms with Crippen molar-refractivity contribution in [1.82, 2.24) is 4.90 Å². The molecule has 1 unspecified atom stereocenters. The van der Waals surface area contributed by atoms with Crippen LogP contribution in [0.15, 0.2) is 57.7 Å². The number of nitrogens with zero attached hydrogens (tertiary/aromatic N) is 1. The molecule has 2 atom stereocenters. The predicted octanol–water partition coefficient (Wildman–Crippen LogP) is 3.97. The lowest BCUT2D eigenvalue weighted by Crippen LogP contribution is -2.35. The average Bonchev–Trinajstić information content (AvgIpc) is 3.28. The van der Waals surface area contributed by atoms with Gasteiger partial charge < -0.3 is 14.1 Å². The van der Waals surface area contributed by atoms with E-state index in [1.54, 1.807) is 4.90 Å². The quantitative estimate of drug-likeness (QED) is 0.450. The number of esters is 1. The molecular weight excluding hydrogens is 406 g/mol. The third-order valence-corrected chi connectivity index (χ3v) is 6.24. The highest BCUT2D eigenvalue weighted by Crippen LogP contribution is 2.30. The van der Waals surface area contributed by atoms with Crippen LogP contribution in [0.3, 0.4) is 0 Å². The lowest BCUT2D eigenvalue weighted by molar-refractivity contribution is -0.145. The van der Waals surface area contributed by atoms with Crippen LogP contribution in [0.2, 0.25) is 0 Å². The number of ether oxygens (including phenoxy) is 1. The van der Waals surface area contributed by atoms with Gasteiger partial charge in [0.1, 0.15) is 5.58 Å². The number of fused-ring (bicyclic) bond motifs is 1. The van der Waals surface area contributed by atoms with Gasteiger partial charge in [-0.15, -0.1) is 0 Å². The van der Waals surface area contributed by atoms with Crippen molar-refractivity contribution in [3.05, 3.63) is 70.1 Å². The van der Waals surface area contributed by atoms with E-state index in [4.69, 9.17) is 9.15 Å². The van der Waals surface area contributed by atoms with Crippen molar-refractivity contribution >= 4 is 22.8 Å². The third-order valence-electron chi connectivity index (χ3n) is 6.24. The van der Waals surface area contributed by atoms with Crippen molar-refractivity contribution < 1.29 is 18.7 Å². The molecule has 1 saturated heterocycles. The van der Waals surface area contributed by atoms with Crippen LogP contribution in [-0.2, 0) is 20.7 Å². The molecule has 0 spiro atoms. The summed E-state index contributed by atoms with van der Waals surface area (Å²) in [5.41, 5.74) is 3.96. The van der Waals surface area contributed by atoms with Crippen LogP contribution in [0.25, 0.3) is 22.1 Å². The number of benzene rings is 2. The van der Waals surface area contributed by atoms with E-state index in [2.05, 4.69) is 0 Å². The topological polar surface area (TPSA) is 76.8 Å². The van der Waals surface area contributed by atoms with E-state index in [9.17, 15) is 14.4 Å². The lowest BCUT2D eigenvalue weighted by atomic mass is 9.95. The molecule has 0 bridgehead atoms. The summed E-state index contributed by atoms with van der Waals surface area (Å²) < 4.78 is 10.3. The van der Waals surface area contributed by atoms with Crippen LogP contribution in [0.4, 0.5) is 0 Å². The molecular formula is C26H27NO5. The third kappa shape index (κ3) is 4.31. The zero-order valence-electron chi connectivity index (χ0n) is 18.6. The van der Waals surface area contributed by atoms with Crippen molar-refractivity contribution in [3.8, 4) is 11.1 Å². The Morgan fingerprint density at radius 3 is 2.69 bits per heavy atom. The molecule has 1 aliphatic heterocycles. The summed E-state index contributed by atoms with van der Waals surface area (Å²) in [7, 11) is 1.37. The van der Waals surface area contributed by atoms with Crippen LogP contribution < -0.4 is 5.63 Å². The molecule has 166 valence electrons. The largest absolute Gasteiger partial charge is 0.469 e. The Labute approximate surface area is 186 Å². The van der Waals surface area contributed by atoms with Gasteiger partial charge in [-0.1, -0.05) is 43.3 Å². The highest BCUT2D eigenvalue weighted by atomic mass is 16.5. The Morgan fingerprint density at radius 1 is 1.16 bits per heavy atom. The van der Waals surface area contributed by atoms with Crippen LogP contribution in [0.5, 0.6) is 0 Å². The van der Waals surface area contributed by atoms with Gasteiger partial charge in [0.05, 0.1) is 13.0 Å². The second-order valence-corrected chi connectivity index (χ2v) is 8.52. The maximum atomic E-state index is 12.9. The second-order valence-electron chi connectivity index (χ2n) is 8.52. The highest BCUT2D eigenvalue weighted by molar-refractivity contribution is 5.94. The van der Waals surface area contributed by atoms with Gasteiger partial charge >= 0.3 is 11.6 Å². The zero-order chi connectivity index (χ0) is 22.8. The molecule has 2 heterocycles. The minimum absolute atomic E-state index is 0.0200. The summed E-state index contributed by atoms with van der Waals surface area (Å²) in [5.74, 6) is -0.741. The van der Waals surface area contributed by atoms with Gasteiger partial charge in [-0.2, -0.15) is 0 Å². The molecule has 1 aromatic heterocycles. The van der Waals surface area contributed by atoms with Crippen molar-refractivity contribution in [1.29, 1.82) is 0 Å². The molecule has 1 fully saturated rings. The fourth-order valence-corrected chi connectivity index (χ4v) is 4.50. The van der Waals surface area contributed by atoms with Crippen molar-refractivity contribution in [2.24, 2.45) is 11.8 Å². The molecule has 0 saturated carbocycles. The molecule has 1 amide bonds. The minimum Gasteiger partial charge on any atom is -0.469 e. The van der Waals surface area contributed by atoms with E-state index >= 15 is 0 Å². The number of amides is 1. The summed E-state index contributed by atoms with van der Waals surface area (Å²) >= 11 is 0. The fourth-order valence-electron chi connectivity index (χ4n) is 4.50. The van der Waals surface area contributed by atoms with E-state index in [1.165, 1.54) is 13.2 Å². The van der Waals surface area contributed by atoms with Gasteiger partial charge in [0.2, 0.25) is 5.91 Å². The van der Waals surface area contributed by atoms with Crippen LogP contribution in [-0.4, -0.2) is 37.0 Å². The smallest absolute Gasteiger partial charge is 0.336 e. The summed E-state index contributed by atoms with van der Waals surface area (Å²) in [6.45, 7) is 4.87. The number of hydrogen-bond donors (Lipinski definition) is 0. The molecule has 6 nitrogen and oxygen atoms in total. The zero-order valence-corrected chi connectivity index (χ0v) is 18.6. The van der Waals surface area contributed by atoms with Crippen molar-refractivity contribution in [2.75, 3.05) is 20.2 Å². The molecule has 3 aromatic rings. The Hall–Kier alpha value is -3.41. The van der Waals surface area contributed by atoms with Crippen molar-refractivity contribution in [2.45, 2.75) is 26.7 Å². The Morgan fingerprint density at radius 2 is 1.94 bits per heavy atom. The summed E-state index contributed by atoms with van der Waals surface area (Å²) in [5, 5.41) is 0.863. The number of carbonyl (C=O) groups is 2. The number of likely N-dealkylation sites (tertiary alicyclic amines) is 1. The second kappa shape index (κ2) is 8.99. The van der Waals surface area contributed by atoms with Crippen LogP contribution >= 0.6 is 0 Å². The first-order valence-electron chi connectivity index (χ1n) is 10.9. The van der Waals surface area contributed by atoms with Gasteiger partial charge in [0.25, 0.3) is 0 Å². The molecule has 0 N–H and O–H groups in total. The first-order chi connectivity index (χ1) is 15.4. The number of hydrogen-bond acceptors (Lipinski definition) is 5. The normalized spacial score (nSPS) is 16.8. The number of rotatable bonds is 5. The van der Waals surface area contributed by atoms with Gasteiger partial charge in [-0.3, -0.25) is 9.59 Å². The van der Waals surface area contributed by atoms with Gasteiger partial charge in [-0.25, -0.2) is 4.79 Å². The lowest BCUT2D eigenvalue weighted by Gasteiger charge is -2.21. The van der Waals surface area contributed by atoms with Crippen LogP contribution in [0.1, 0.15) is 24.5 Å². The molecule has 1 aliphatic rings. The summed E-state index contributed by atoms with van der Waals surface area (Å²) in [6, 6.07) is 15.2. The van der Waals surface area contributed by atoms with Crippen LogP contribution in [0, 0.1) is 18.8 Å². The molecule has 4 rings (SSSR count). The number of aryl methyl sites for hydroxylation is 1. The van der Waals surface area contributed by atoms with Gasteiger partial charge in [0.15, 0.2) is 0 Å². The number of carbonyl (C=O) groups excluding carboxylic acids is 2. The Kier molecular flexibility index (Phi) is 6.12. The summed E-state index contributed by atoms with van der Waals surface area (Å²) in [4.78, 5) is 38.6. The van der Waals surface area contributed by atoms with Gasteiger partial charge in [0, 0.05) is 36.0 Å². The van der Waals surface area contributed by atoms with E-state index in [-0.39, 0.29) is 23.7 Å². The minimum atomic E-state index is -0.400. The monoisotopic (exact) mass is 433 g/mol. The van der Waals surface area contributed by atoms with E-state index in [0.717, 1.165) is 27.6 Å². The molecule has 2 aromatic carbocycles. The average molecular weight is 434 g/mol. The van der Waals surface area contributed by atoms with E-state index in [0.29, 0.717) is 31.5 Å². The molecule has 32 heavy (non-hydrogen) atoms. The first kappa shape index (κ1) is 21.8. The highest BCUT2D eigenvalue weighted by Gasteiger charge is 2.33. The Bertz CT molecular complexity index is 1230. The molecule has 0 radical (unpaired) electrons. The predicted molar refractivity (Wildman–Crippen MR) is 122 cm³/mol. The van der Waals surface area contributed by atoms with E-state index < -0.39 is 5.63 Å². The number of methoxy groups -OCH3 is 1. The SMILES string of the molecule is COC(=O)[C@H]1CCN(C(=O)C(C)Cc2ccc3c(-c4ccccc4C)cc(=O)oc3c2)C1. The maximum absolute atomic E-state index is 12.9. The standard InChI is InChI=1S/C26H27NO5/c1-16-6-4-5-7-20(16)22-14-24(28)32-23-13-18(8-9-21(22)23)12-17(2)25(29)27-11-10-19(15-27)26(30)31-3/h4-9,13-14,17,19H,10-12,15H2,1-3H3/t17?,19-/m0/s1. The van der Waals surface area contributed by atoms with E-state index in [1.807, 2.05) is 56.3 Å². The summed E-state index contributed by atoms with van der Waals surface area (Å²) in [6.07, 6.45) is 1.15. The maximum Gasteiger partial charge on any atom is 0.336 e.